The van der Waals surface area contributed by atoms with Crippen LogP contribution < -0.4 is 19.1 Å². The number of carbonyl (C=O) groups is 1. The number of hydrogen-bond donors (Lipinski definition) is 1. The third kappa shape index (κ3) is 6.69. The summed E-state index contributed by atoms with van der Waals surface area (Å²) in [6, 6.07) is 13.9. The van der Waals surface area contributed by atoms with Crippen molar-refractivity contribution in [1.29, 1.82) is 0 Å². The van der Waals surface area contributed by atoms with Crippen molar-refractivity contribution in [2.24, 2.45) is 0 Å². The molecule has 0 atom stereocenters. The predicted octanol–water partition coefficient (Wildman–Crippen LogP) is 2.62. The molecule has 0 fully saturated rings. The van der Waals surface area contributed by atoms with Crippen molar-refractivity contribution in [3.8, 4) is 22.9 Å². The van der Waals surface area contributed by atoms with E-state index in [0.29, 0.717) is 29.4 Å². The summed E-state index contributed by atoms with van der Waals surface area (Å²) in [6.45, 7) is 0.239. The van der Waals surface area contributed by atoms with Gasteiger partial charge in [0.05, 0.1) is 32.7 Å². The van der Waals surface area contributed by atoms with E-state index in [9.17, 15) is 13.2 Å². The van der Waals surface area contributed by atoms with E-state index in [4.69, 9.17) is 14.0 Å². The van der Waals surface area contributed by atoms with Gasteiger partial charge in [-0.1, -0.05) is 17.3 Å². The molecule has 0 unspecified atom stereocenters. The van der Waals surface area contributed by atoms with Gasteiger partial charge in [-0.25, -0.2) is 8.42 Å². The molecule has 1 N–H and O–H groups in total. The van der Waals surface area contributed by atoms with E-state index in [-0.39, 0.29) is 31.3 Å². The fraction of sp³-hybridized carbons (Fsp3) is 0.318. The van der Waals surface area contributed by atoms with Crippen LogP contribution in [-0.4, -0.2) is 51.5 Å². The number of aromatic nitrogens is 2. The minimum Gasteiger partial charge on any atom is -0.497 e. The van der Waals surface area contributed by atoms with E-state index >= 15 is 0 Å². The van der Waals surface area contributed by atoms with Gasteiger partial charge in [-0.3, -0.25) is 9.10 Å². The van der Waals surface area contributed by atoms with Crippen molar-refractivity contribution in [3.63, 3.8) is 0 Å². The van der Waals surface area contributed by atoms with Gasteiger partial charge in [0.15, 0.2) is 0 Å². The van der Waals surface area contributed by atoms with Crippen LogP contribution in [-0.2, 0) is 21.4 Å². The summed E-state index contributed by atoms with van der Waals surface area (Å²) in [5.74, 6) is 1.70. The molecule has 0 aliphatic rings. The quantitative estimate of drug-likeness (QED) is 0.450. The highest BCUT2D eigenvalue weighted by Gasteiger charge is 2.18. The number of nitrogens with one attached hydrogen (secondary N) is 1. The molecule has 2 aromatic carbocycles. The summed E-state index contributed by atoms with van der Waals surface area (Å²) >= 11 is 0. The molecule has 11 heteroatoms. The maximum Gasteiger partial charge on any atom is 0.246 e. The lowest BCUT2D eigenvalue weighted by Gasteiger charge is -2.22. The lowest BCUT2D eigenvalue weighted by atomic mass is 10.2. The molecule has 0 bridgehead atoms. The third-order valence-corrected chi connectivity index (χ3v) is 5.95. The first-order valence-corrected chi connectivity index (χ1v) is 12.0. The molecule has 0 saturated carbocycles. The molecule has 1 aromatic heterocycles. The zero-order valence-electron chi connectivity index (χ0n) is 18.6. The number of ether oxygens (including phenoxy) is 2. The monoisotopic (exact) mass is 474 g/mol. The Labute approximate surface area is 192 Å². The van der Waals surface area contributed by atoms with E-state index in [1.165, 1.54) is 11.4 Å². The molecule has 3 aromatic rings. The second-order valence-corrected chi connectivity index (χ2v) is 9.06. The number of amides is 1. The Hall–Kier alpha value is -3.60. The Bertz CT molecular complexity index is 1180. The van der Waals surface area contributed by atoms with Crippen molar-refractivity contribution in [2.45, 2.75) is 19.4 Å². The summed E-state index contributed by atoms with van der Waals surface area (Å²) in [5.41, 5.74) is 1.24. The van der Waals surface area contributed by atoms with Crippen LogP contribution in [0.15, 0.2) is 53.1 Å². The van der Waals surface area contributed by atoms with Crippen LogP contribution >= 0.6 is 0 Å². The summed E-state index contributed by atoms with van der Waals surface area (Å²) in [4.78, 5) is 16.5. The number of benzene rings is 2. The molecule has 0 radical (unpaired) electrons. The fourth-order valence-corrected chi connectivity index (χ4v) is 4.05. The van der Waals surface area contributed by atoms with Gasteiger partial charge >= 0.3 is 0 Å². The first-order valence-electron chi connectivity index (χ1n) is 10.2. The van der Waals surface area contributed by atoms with Crippen LogP contribution in [0, 0.1) is 0 Å². The molecule has 10 nitrogen and oxygen atoms in total. The number of sulfonamides is 1. The Morgan fingerprint density at radius 1 is 1.09 bits per heavy atom. The maximum absolute atomic E-state index is 12.2. The predicted molar refractivity (Wildman–Crippen MR) is 123 cm³/mol. The van der Waals surface area contributed by atoms with E-state index in [0.717, 1.165) is 11.8 Å². The molecule has 0 spiro atoms. The van der Waals surface area contributed by atoms with Gasteiger partial charge < -0.3 is 19.3 Å². The molecule has 3 rings (SSSR count). The summed E-state index contributed by atoms with van der Waals surface area (Å²) in [6.07, 6.45) is 1.61. The topological polar surface area (TPSA) is 124 Å². The molecule has 0 saturated heterocycles. The smallest absolute Gasteiger partial charge is 0.246 e. The summed E-state index contributed by atoms with van der Waals surface area (Å²) in [7, 11) is -0.391. The molecule has 1 heterocycles. The standard InChI is InChI=1S/C22H26N4O6S/c1-30-18-11-9-17(10-12-18)26(33(3,28)29)13-5-8-20(27)23-15-21-24-22(25-32-21)16-6-4-7-19(14-16)31-2/h4,6-7,9-12,14H,5,8,13,15H2,1-3H3,(H,23,27). The van der Waals surface area contributed by atoms with Crippen LogP contribution in [0.5, 0.6) is 11.5 Å². The van der Waals surface area contributed by atoms with Gasteiger partial charge in [0.1, 0.15) is 11.5 Å². The highest BCUT2D eigenvalue weighted by Crippen LogP contribution is 2.22. The zero-order chi connectivity index (χ0) is 23.8. The van der Waals surface area contributed by atoms with Crippen molar-refractivity contribution in [2.75, 3.05) is 31.3 Å². The summed E-state index contributed by atoms with van der Waals surface area (Å²) in [5, 5.41) is 6.63. The van der Waals surface area contributed by atoms with E-state index in [1.54, 1.807) is 37.4 Å². The maximum atomic E-state index is 12.2. The number of anilines is 1. The van der Waals surface area contributed by atoms with Crippen LogP contribution in [0.4, 0.5) is 5.69 Å². The van der Waals surface area contributed by atoms with E-state index in [1.807, 2.05) is 18.2 Å². The number of rotatable bonds is 11. The minimum absolute atomic E-state index is 0.0735. The molecule has 1 amide bonds. The number of methoxy groups -OCH3 is 2. The third-order valence-electron chi connectivity index (χ3n) is 4.76. The Balaban J connectivity index is 1.51. The Morgan fingerprint density at radius 2 is 1.82 bits per heavy atom. The highest BCUT2D eigenvalue weighted by molar-refractivity contribution is 7.92. The first-order chi connectivity index (χ1) is 15.8. The van der Waals surface area contributed by atoms with Crippen LogP contribution in [0.25, 0.3) is 11.4 Å². The number of carbonyl (C=O) groups excluding carboxylic acids is 1. The van der Waals surface area contributed by atoms with Crippen molar-refractivity contribution >= 4 is 21.6 Å². The molecule has 33 heavy (non-hydrogen) atoms. The normalized spacial score (nSPS) is 11.1. The molecule has 0 aliphatic heterocycles. The lowest BCUT2D eigenvalue weighted by molar-refractivity contribution is -0.121. The van der Waals surface area contributed by atoms with Gasteiger partial charge in [0.2, 0.25) is 27.6 Å². The van der Waals surface area contributed by atoms with Gasteiger partial charge in [0, 0.05) is 18.5 Å². The highest BCUT2D eigenvalue weighted by atomic mass is 32.2. The van der Waals surface area contributed by atoms with Gasteiger partial charge in [-0.05, 0) is 42.8 Å². The minimum atomic E-state index is -3.50. The SMILES string of the molecule is COc1ccc(N(CCCC(=O)NCc2nc(-c3cccc(OC)c3)no2)S(C)(=O)=O)cc1. The number of nitrogens with zero attached hydrogens (tertiary/aromatic N) is 3. The first kappa shape index (κ1) is 24.1. The van der Waals surface area contributed by atoms with Gasteiger partial charge in [-0.15, -0.1) is 0 Å². The van der Waals surface area contributed by atoms with Crippen molar-refractivity contribution in [1.82, 2.24) is 15.5 Å². The summed E-state index contributed by atoms with van der Waals surface area (Å²) < 4.78 is 41.1. The molecule has 0 aliphatic carbocycles. The second-order valence-electron chi connectivity index (χ2n) is 7.16. The van der Waals surface area contributed by atoms with Crippen LogP contribution in [0.3, 0.4) is 0 Å². The molecule has 176 valence electrons. The number of hydrogen-bond acceptors (Lipinski definition) is 8. The fourth-order valence-electron chi connectivity index (χ4n) is 3.09. The Morgan fingerprint density at radius 3 is 2.48 bits per heavy atom. The average Bonchev–Trinajstić information content (AvgIpc) is 3.29. The average molecular weight is 475 g/mol. The van der Waals surface area contributed by atoms with Crippen molar-refractivity contribution < 1.29 is 27.2 Å². The Kier molecular flexibility index (Phi) is 7.88. The lowest BCUT2D eigenvalue weighted by Crippen LogP contribution is -2.32. The van der Waals surface area contributed by atoms with Crippen LogP contribution in [0.2, 0.25) is 0 Å². The second kappa shape index (κ2) is 10.8. The van der Waals surface area contributed by atoms with Gasteiger partial charge in [0.25, 0.3) is 0 Å². The largest absolute Gasteiger partial charge is 0.497 e. The molecular formula is C22H26N4O6S. The van der Waals surface area contributed by atoms with E-state index in [2.05, 4.69) is 15.5 Å². The van der Waals surface area contributed by atoms with Gasteiger partial charge in [-0.2, -0.15) is 4.98 Å². The van der Waals surface area contributed by atoms with Crippen LogP contribution in [0.1, 0.15) is 18.7 Å². The van der Waals surface area contributed by atoms with Crippen molar-refractivity contribution in [3.05, 3.63) is 54.4 Å². The zero-order valence-corrected chi connectivity index (χ0v) is 19.5. The van der Waals surface area contributed by atoms with E-state index < -0.39 is 10.0 Å². The molecular weight excluding hydrogens is 448 g/mol.